The van der Waals surface area contributed by atoms with Crippen molar-refractivity contribution < 1.29 is 18.4 Å². The number of rotatable bonds is 3. The molecule has 29 heavy (non-hydrogen) atoms. The van der Waals surface area contributed by atoms with E-state index in [0.29, 0.717) is 24.5 Å². The van der Waals surface area contributed by atoms with Crippen molar-refractivity contribution in [3.8, 4) is 0 Å². The average molecular weight is 417 g/mol. The molecule has 3 amide bonds. The van der Waals surface area contributed by atoms with Crippen LogP contribution >= 0.6 is 11.8 Å². The molecule has 1 spiro atoms. The number of anilines is 1. The number of urea groups is 1. The minimum absolute atomic E-state index is 0.0352. The number of thioether (sulfide) groups is 1. The summed E-state index contributed by atoms with van der Waals surface area (Å²) in [6, 6.07) is 8.67. The van der Waals surface area contributed by atoms with E-state index >= 15 is 0 Å². The maximum Gasteiger partial charge on any atom is 0.319 e. The van der Waals surface area contributed by atoms with Gasteiger partial charge >= 0.3 is 6.03 Å². The van der Waals surface area contributed by atoms with Gasteiger partial charge in [0.05, 0.1) is 12.2 Å². The fourth-order valence-corrected chi connectivity index (χ4v) is 5.40. The lowest BCUT2D eigenvalue weighted by molar-refractivity contribution is -0.123. The van der Waals surface area contributed by atoms with Gasteiger partial charge in [-0.05, 0) is 26.0 Å². The lowest BCUT2D eigenvalue weighted by Gasteiger charge is -2.33. The Balaban J connectivity index is 1.80. The van der Waals surface area contributed by atoms with E-state index in [0.717, 1.165) is 17.2 Å². The molecule has 1 fully saturated rings. The first kappa shape index (κ1) is 19.7. The van der Waals surface area contributed by atoms with E-state index in [-0.39, 0.29) is 24.0 Å². The van der Waals surface area contributed by atoms with Crippen molar-refractivity contribution in [1.29, 1.82) is 0 Å². The van der Waals surface area contributed by atoms with Gasteiger partial charge in [0.2, 0.25) is 0 Å². The van der Waals surface area contributed by atoms with Crippen LogP contribution < -0.4 is 10.2 Å². The van der Waals surface area contributed by atoms with Gasteiger partial charge in [0.25, 0.3) is 5.91 Å². The molecular weight excluding hydrogens is 396 g/mol. The molecule has 1 saturated heterocycles. The fourth-order valence-electron chi connectivity index (χ4n) is 3.95. The number of hydrogen-bond donors (Lipinski definition) is 1. The van der Waals surface area contributed by atoms with Crippen molar-refractivity contribution in [3.63, 3.8) is 0 Å². The summed E-state index contributed by atoms with van der Waals surface area (Å²) in [5.74, 6) is -1.03. The zero-order valence-electron chi connectivity index (χ0n) is 16.2. The first-order valence-electron chi connectivity index (χ1n) is 9.45. The van der Waals surface area contributed by atoms with Crippen molar-refractivity contribution >= 4 is 29.4 Å². The number of carbonyl (C=O) groups excluding carboxylic acids is 2. The Kier molecular flexibility index (Phi) is 4.98. The number of hydrogen-bond acceptors (Lipinski definition) is 3. The molecule has 0 aliphatic carbocycles. The van der Waals surface area contributed by atoms with Crippen LogP contribution in [0, 0.1) is 18.6 Å². The summed E-state index contributed by atoms with van der Waals surface area (Å²) >= 11 is 1.42. The highest BCUT2D eigenvalue weighted by atomic mass is 32.2. The highest BCUT2D eigenvalue weighted by molar-refractivity contribution is 8.01. The lowest BCUT2D eigenvalue weighted by Crippen LogP contribution is -2.53. The zero-order chi connectivity index (χ0) is 20.8. The minimum atomic E-state index is -1.17. The van der Waals surface area contributed by atoms with Crippen molar-refractivity contribution in [1.82, 2.24) is 10.2 Å². The van der Waals surface area contributed by atoms with E-state index < -0.39 is 16.5 Å². The normalized spacial score (nSPS) is 20.5. The third kappa shape index (κ3) is 3.06. The van der Waals surface area contributed by atoms with Gasteiger partial charge in [-0.25, -0.2) is 13.6 Å². The number of fused-ring (bicyclic) bond motifs is 2. The van der Waals surface area contributed by atoms with Crippen molar-refractivity contribution in [2.45, 2.75) is 25.3 Å². The molecule has 1 atom stereocenters. The predicted molar refractivity (Wildman–Crippen MR) is 109 cm³/mol. The quantitative estimate of drug-likeness (QED) is 0.828. The second-order valence-corrected chi connectivity index (χ2v) is 8.41. The van der Waals surface area contributed by atoms with Crippen LogP contribution in [0.25, 0.3) is 0 Å². The third-order valence-corrected chi connectivity index (χ3v) is 6.69. The highest BCUT2D eigenvalue weighted by Gasteiger charge is 2.59. The number of nitrogens with zero attached hydrogens (tertiary/aromatic N) is 2. The molecule has 5 nitrogen and oxygen atoms in total. The molecule has 4 rings (SSSR count). The van der Waals surface area contributed by atoms with Crippen LogP contribution in [0.15, 0.2) is 36.4 Å². The Labute approximate surface area is 172 Å². The summed E-state index contributed by atoms with van der Waals surface area (Å²) in [7, 11) is 0. The van der Waals surface area contributed by atoms with Gasteiger partial charge in [-0.3, -0.25) is 9.69 Å². The van der Waals surface area contributed by atoms with Crippen LogP contribution in [-0.4, -0.2) is 35.7 Å². The highest BCUT2D eigenvalue weighted by Crippen LogP contribution is 2.54. The van der Waals surface area contributed by atoms with Gasteiger partial charge in [-0.15, -0.1) is 11.8 Å². The maximum atomic E-state index is 14.3. The largest absolute Gasteiger partial charge is 0.338 e. The summed E-state index contributed by atoms with van der Waals surface area (Å²) in [6.45, 7) is 4.61. The molecule has 2 heterocycles. The van der Waals surface area contributed by atoms with Crippen molar-refractivity contribution in [2.75, 3.05) is 23.7 Å². The zero-order valence-corrected chi connectivity index (χ0v) is 17.0. The van der Waals surface area contributed by atoms with Gasteiger partial charge in [-0.2, -0.15) is 0 Å². The molecule has 0 unspecified atom stereocenters. The van der Waals surface area contributed by atoms with Crippen LogP contribution in [0.4, 0.5) is 19.3 Å². The molecule has 1 N–H and O–H groups in total. The molecule has 0 aromatic heterocycles. The van der Waals surface area contributed by atoms with E-state index in [4.69, 9.17) is 0 Å². The van der Waals surface area contributed by atoms with Crippen LogP contribution in [0.2, 0.25) is 0 Å². The Morgan fingerprint density at radius 3 is 2.76 bits per heavy atom. The van der Waals surface area contributed by atoms with E-state index in [1.165, 1.54) is 28.8 Å². The Morgan fingerprint density at radius 1 is 1.24 bits per heavy atom. The van der Waals surface area contributed by atoms with Crippen LogP contribution in [0.3, 0.4) is 0 Å². The molecule has 0 radical (unpaired) electrons. The molecule has 0 bridgehead atoms. The molecule has 152 valence electrons. The Morgan fingerprint density at radius 2 is 2.03 bits per heavy atom. The topological polar surface area (TPSA) is 52.7 Å². The summed E-state index contributed by atoms with van der Waals surface area (Å²) in [5.41, 5.74) is 2.57. The Hall–Kier alpha value is -2.61. The van der Waals surface area contributed by atoms with Crippen molar-refractivity contribution in [2.24, 2.45) is 0 Å². The SMILES string of the molecule is CCNC(=O)N1CCS[C@@]12C(=O)N(Cc1ccc(F)cc1F)c1ccc(C)cc12. The number of carbonyl (C=O) groups is 2. The second kappa shape index (κ2) is 7.33. The fraction of sp³-hybridized carbons (Fsp3) is 0.333. The molecular formula is C21H21F2N3O2S. The monoisotopic (exact) mass is 417 g/mol. The van der Waals surface area contributed by atoms with Crippen LogP contribution in [-0.2, 0) is 16.2 Å². The molecule has 2 aliphatic rings. The molecule has 8 heteroatoms. The number of aryl methyl sites for hydroxylation is 1. The van der Waals surface area contributed by atoms with Crippen LogP contribution in [0.5, 0.6) is 0 Å². The molecule has 2 aromatic carbocycles. The van der Waals surface area contributed by atoms with E-state index in [1.807, 2.05) is 32.0 Å². The molecule has 2 aromatic rings. The standard InChI is InChI=1S/C21H21F2N3O2S/c1-3-24-20(28)26-8-9-29-21(26)16-10-13(2)4-7-18(16)25(19(21)27)12-14-5-6-15(22)11-17(14)23/h4-7,10-11H,3,8-9,12H2,1-2H3,(H,24,28)/t21-/m0/s1. The number of amides is 3. The van der Waals surface area contributed by atoms with Gasteiger partial charge in [-0.1, -0.05) is 23.8 Å². The molecule has 0 saturated carbocycles. The number of benzene rings is 2. The minimum Gasteiger partial charge on any atom is -0.338 e. The summed E-state index contributed by atoms with van der Waals surface area (Å²) < 4.78 is 27.6. The average Bonchev–Trinajstić information content (AvgIpc) is 3.21. The summed E-state index contributed by atoms with van der Waals surface area (Å²) in [6.07, 6.45) is 0. The first-order chi connectivity index (χ1) is 13.9. The smallest absolute Gasteiger partial charge is 0.319 e. The maximum absolute atomic E-state index is 14.3. The van der Waals surface area contributed by atoms with Crippen molar-refractivity contribution in [3.05, 3.63) is 64.7 Å². The predicted octanol–water partition coefficient (Wildman–Crippen LogP) is 3.75. The van der Waals surface area contributed by atoms with E-state index in [9.17, 15) is 18.4 Å². The van der Waals surface area contributed by atoms with Gasteiger partial charge in [0, 0.05) is 36.0 Å². The summed E-state index contributed by atoms with van der Waals surface area (Å²) in [4.78, 5) is 28.3. The summed E-state index contributed by atoms with van der Waals surface area (Å²) in [5, 5.41) is 2.79. The lowest BCUT2D eigenvalue weighted by atomic mass is 10.0. The first-order valence-corrected chi connectivity index (χ1v) is 10.4. The molecule has 2 aliphatic heterocycles. The number of nitrogens with one attached hydrogen (secondary N) is 1. The third-order valence-electron chi connectivity index (χ3n) is 5.27. The number of halogens is 2. The van der Waals surface area contributed by atoms with Gasteiger partial charge in [0.15, 0.2) is 4.87 Å². The van der Waals surface area contributed by atoms with Gasteiger partial charge < -0.3 is 10.2 Å². The second-order valence-electron chi connectivity index (χ2n) is 7.13. The van der Waals surface area contributed by atoms with E-state index in [1.54, 1.807) is 4.90 Å². The van der Waals surface area contributed by atoms with Crippen LogP contribution in [0.1, 0.15) is 23.6 Å². The van der Waals surface area contributed by atoms with Gasteiger partial charge in [0.1, 0.15) is 11.6 Å². The Bertz CT molecular complexity index is 1000. The van der Waals surface area contributed by atoms with E-state index in [2.05, 4.69) is 5.32 Å².